The van der Waals surface area contributed by atoms with E-state index >= 15 is 0 Å². The van der Waals surface area contributed by atoms with E-state index in [1.54, 1.807) is 4.90 Å². The van der Waals surface area contributed by atoms with Gasteiger partial charge in [0, 0.05) is 43.4 Å². The smallest absolute Gasteiger partial charge is 0.327 e. The highest BCUT2D eigenvalue weighted by molar-refractivity contribution is 6.07. The number of likely N-dealkylation sites (tertiary alicyclic amines) is 1. The number of para-hydroxylation sites is 1. The fraction of sp³-hybridized carbons (Fsp3) is 0.448. The molecular formula is C29H34N4O2. The molecule has 2 saturated heterocycles. The monoisotopic (exact) mass is 470 g/mol. The van der Waals surface area contributed by atoms with Gasteiger partial charge in [-0.15, -0.1) is 0 Å². The Kier molecular flexibility index (Phi) is 5.44. The van der Waals surface area contributed by atoms with Crippen molar-refractivity contribution in [2.45, 2.75) is 57.7 Å². The van der Waals surface area contributed by atoms with Crippen LogP contribution in [0.3, 0.4) is 0 Å². The van der Waals surface area contributed by atoms with Crippen LogP contribution in [0.15, 0.2) is 54.6 Å². The Balaban J connectivity index is 1.21. The van der Waals surface area contributed by atoms with Gasteiger partial charge in [-0.2, -0.15) is 0 Å². The number of benzene rings is 2. The highest BCUT2D eigenvalue weighted by Crippen LogP contribution is 2.41. The first-order valence-electron chi connectivity index (χ1n) is 13.0. The summed E-state index contributed by atoms with van der Waals surface area (Å²) in [6.07, 6.45) is 2.93. The molecule has 6 heteroatoms. The summed E-state index contributed by atoms with van der Waals surface area (Å²) in [6.45, 7) is 7.33. The second-order valence-electron chi connectivity index (χ2n) is 11.0. The number of nitrogens with one attached hydrogen (secondary N) is 1. The number of hydrogen-bond donors (Lipinski definition) is 1. The van der Waals surface area contributed by atoms with Crippen molar-refractivity contribution < 1.29 is 9.59 Å². The predicted molar refractivity (Wildman–Crippen MR) is 137 cm³/mol. The van der Waals surface area contributed by atoms with Crippen LogP contribution in [0.5, 0.6) is 0 Å². The van der Waals surface area contributed by atoms with Crippen molar-refractivity contribution in [1.82, 2.24) is 19.7 Å². The van der Waals surface area contributed by atoms with Crippen LogP contribution >= 0.6 is 0 Å². The molecule has 1 spiro atoms. The number of hydrogen-bond acceptors (Lipinski definition) is 3. The number of nitrogens with zero attached hydrogens (tertiary/aromatic N) is 3. The van der Waals surface area contributed by atoms with E-state index in [0.717, 1.165) is 38.0 Å². The van der Waals surface area contributed by atoms with E-state index in [0.29, 0.717) is 25.3 Å². The van der Waals surface area contributed by atoms with E-state index in [9.17, 15) is 9.59 Å². The van der Waals surface area contributed by atoms with E-state index in [1.807, 2.05) is 23.1 Å². The van der Waals surface area contributed by atoms with Crippen LogP contribution < -0.4 is 0 Å². The first-order valence-corrected chi connectivity index (χ1v) is 13.0. The second-order valence-corrected chi connectivity index (χ2v) is 11.0. The molecule has 0 bridgehead atoms. The average molecular weight is 471 g/mol. The van der Waals surface area contributed by atoms with Crippen molar-refractivity contribution in [3.63, 3.8) is 0 Å². The highest BCUT2D eigenvalue weighted by atomic mass is 16.2. The number of aromatic amines is 1. The van der Waals surface area contributed by atoms with Crippen LogP contribution in [0.4, 0.5) is 4.79 Å². The van der Waals surface area contributed by atoms with Gasteiger partial charge >= 0.3 is 6.03 Å². The lowest BCUT2D eigenvalue weighted by Gasteiger charge is -2.42. The summed E-state index contributed by atoms with van der Waals surface area (Å²) in [4.78, 5) is 37.3. The van der Waals surface area contributed by atoms with Crippen molar-refractivity contribution in [1.29, 1.82) is 0 Å². The molecule has 0 unspecified atom stereocenters. The summed E-state index contributed by atoms with van der Waals surface area (Å²) < 4.78 is 0. The Bertz CT molecular complexity index is 1210. The van der Waals surface area contributed by atoms with Gasteiger partial charge < -0.3 is 9.88 Å². The molecule has 6 nitrogen and oxygen atoms in total. The Morgan fingerprint density at radius 2 is 1.63 bits per heavy atom. The number of amides is 3. The van der Waals surface area contributed by atoms with Gasteiger partial charge in [-0.1, -0.05) is 56.3 Å². The van der Waals surface area contributed by atoms with Crippen LogP contribution in [0.25, 0.3) is 10.9 Å². The zero-order valence-electron chi connectivity index (χ0n) is 20.7. The summed E-state index contributed by atoms with van der Waals surface area (Å²) in [5, 5.41) is 1.23. The molecule has 182 valence electrons. The average Bonchev–Trinajstić information content (AvgIpc) is 3.50. The number of carbonyl (C=O) groups is 2. The van der Waals surface area contributed by atoms with Crippen LogP contribution in [0, 0.1) is 5.92 Å². The number of urea groups is 1. The molecule has 2 aliphatic heterocycles. The number of carbonyl (C=O) groups excluding carboxylic acids is 2. The minimum absolute atomic E-state index is 0.0335. The standard InChI is InChI=1S/C29H34N4O2/c1-20(2)18-32-28(35)33(25-16-21-7-3-4-8-22(21)17-25)27(34)29(32)11-13-31(14-12-29)19-24-15-23-9-5-6-10-26(23)30-24/h3-10,15,20,25,30H,11-14,16-19H2,1-2H3. The summed E-state index contributed by atoms with van der Waals surface area (Å²) in [5.41, 5.74) is 4.18. The SMILES string of the molecule is CC(C)CN1C(=O)N(C2Cc3ccccc3C2)C(=O)C12CCN(Cc1cc3ccccc3[nH]1)CC2. The number of imide groups is 1. The van der Waals surface area contributed by atoms with Crippen LogP contribution in [0.2, 0.25) is 0 Å². The molecule has 1 aliphatic carbocycles. The molecule has 1 aromatic heterocycles. The summed E-state index contributed by atoms with van der Waals surface area (Å²) in [5.74, 6) is 0.347. The van der Waals surface area contributed by atoms with Crippen LogP contribution in [-0.2, 0) is 24.2 Å². The van der Waals surface area contributed by atoms with Crippen molar-refractivity contribution in [2.24, 2.45) is 5.92 Å². The molecule has 3 heterocycles. The highest BCUT2D eigenvalue weighted by Gasteiger charge is 2.59. The Labute approximate surface area is 206 Å². The molecule has 2 fully saturated rings. The van der Waals surface area contributed by atoms with E-state index in [1.165, 1.54) is 22.2 Å². The van der Waals surface area contributed by atoms with Crippen molar-refractivity contribution in [3.8, 4) is 0 Å². The van der Waals surface area contributed by atoms with E-state index in [2.05, 4.69) is 60.1 Å². The van der Waals surface area contributed by atoms with Gasteiger partial charge in [-0.3, -0.25) is 14.6 Å². The topological polar surface area (TPSA) is 59.7 Å². The number of rotatable bonds is 5. The van der Waals surface area contributed by atoms with E-state index in [-0.39, 0.29) is 18.0 Å². The van der Waals surface area contributed by atoms with Crippen molar-refractivity contribution in [2.75, 3.05) is 19.6 Å². The van der Waals surface area contributed by atoms with Crippen LogP contribution in [-0.4, -0.2) is 62.8 Å². The number of piperidine rings is 1. The maximum absolute atomic E-state index is 14.0. The summed E-state index contributed by atoms with van der Waals surface area (Å²) >= 11 is 0. The number of aromatic nitrogens is 1. The Hall–Kier alpha value is -3.12. The van der Waals surface area contributed by atoms with Crippen molar-refractivity contribution in [3.05, 3.63) is 71.4 Å². The number of H-pyrrole nitrogens is 1. The zero-order chi connectivity index (χ0) is 24.2. The van der Waals surface area contributed by atoms with Gasteiger partial charge in [-0.25, -0.2) is 4.79 Å². The molecule has 0 radical (unpaired) electrons. The van der Waals surface area contributed by atoms with Gasteiger partial charge in [0.15, 0.2) is 0 Å². The molecule has 0 saturated carbocycles. The largest absolute Gasteiger partial charge is 0.357 e. The fourth-order valence-electron chi connectivity index (χ4n) is 6.42. The third kappa shape index (κ3) is 3.75. The van der Waals surface area contributed by atoms with Crippen LogP contribution in [0.1, 0.15) is 43.5 Å². The lowest BCUT2D eigenvalue weighted by Crippen LogP contribution is -2.57. The molecule has 0 atom stereocenters. The maximum Gasteiger partial charge on any atom is 0.327 e. The quantitative estimate of drug-likeness (QED) is 0.555. The third-order valence-corrected chi connectivity index (χ3v) is 8.18. The third-order valence-electron chi connectivity index (χ3n) is 8.18. The van der Waals surface area contributed by atoms with E-state index in [4.69, 9.17) is 0 Å². The van der Waals surface area contributed by atoms with Gasteiger partial charge in [-0.05, 0) is 60.2 Å². The minimum atomic E-state index is -0.701. The summed E-state index contributed by atoms with van der Waals surface area (Å²) in [6, 6.07) is 18.8. The van der Waals surface area contributed by atoms with E-state index < -0.39 is 5.54 Å². The van der Waals surface area contributed by atoms with Gasteiger partial charge in [0.2, 0.25) is 0 Å². The molecule has 1 N–H and O–H groups in total. The van der Waals surface area contributed by atoms with Crippen molar-refractivity contribution >= 4 is 22.8 Å². The number of fused-ring (bicyclic) bond motifs is 2. The maximum atomic E-state index is 14.0. The normalized spacial score (nSPS) is 20.7. The molecule has 2 aromatic carbocycles. The molecule has 6 rings (SSSR count). The lowest BCUT2D eigenvalue weighted by atomic mass is 9.85. The zero-order valence-corrected chi connectivity index (χ0v) is 20.7. The lowest BCUT2D eigenvalue weighted by molar-refractivity contribution is -0.137. The van der Waals surface area contributed by atoms with Gasteiger partial charge in [0.25, 0.3) is 5.91 Å². The molecule has 3 aromatic rings. The Morgan fingerprint density at radius 3 is 2.29 bits per heavy atom. The minimum Gasteiger partial charge on any atom is -0.357 e. The fourth-order valence-corrected chi connectivity index (χ4v) is 6.42. The summed E-state index contributed by atoms with van der Waals surface area (Å²) in [7, 11) is 0. The van der Waals surface area contributed by atoms with Gasteiger partial charge in [0.05, 0.1) is 0 Å². The molecule has 3 aliphatic rings. The Morgan fingerprint density at radius 1 is 0.971 bits per heavy atom. The molecule has 3 amide bonds. The van der Waals surface area contributed by atoms with Gasteiger partial charge in [0.1, 0.15) is 5.54 Å². The molecular weight excluding hydrogens is 436 g/mol. The predicted octanol–water partition coefficient (Wildman–Crippen LogP) is 4.59. The molecule has 35 heavy (non-hydrogen) atoms. The first kappa shape index (κ1) is 22.4. The first-order chi connectivity index (χ1) is 16.9. The second kappa shape index (κ2) is 8.52.